The summed E-state index contributed by atoms with van der Waals surface area (Å²) >= 11 is 7.42. The molecule has 2 aromatic carbocycles. The number of aromatic nitrogens is 6. The standard InChI is InChI=1S/C21H21ClN6O2S/c1-2-30-13-5-12-27-19(15-8-10-16(22)11-9-15)24-25-21(27)31-14-28-20(29)17-6-3-4-7-18(17)23-26-28/h3-4,6-11H,2,5,12-14H2,1H3. The Labute approximate surface area is 188 Å². The first kappa shape index (κ1) is 21.5. The van der Waals surface area contributed by atoms with Crippen LogP contribution in [0.15, 0.2) is 58.5 Å². The van der Waals surface area contributed by atoms with Crippen LogP contribution in [0.5, 0.6) is 0 Å². The molecule has 0 fully saturated rings. The number of hydrogen-bond acceptors (Lipinski definition) is 7. The first-order chi connectivity index (χ1) is 15.2. The van der Waals surface area contributed by atoms with Gasteiger partial charge in [-0.1, -0.05) is 40.7 Å². The van der Waals surface area contributed by atoms with Crippen LogP contribution in [0.4, 0.5) is 0 Å². The van der Waals surface area contributed by atoms with Crippen LogP contribution in [0, 0.1) is 0 Å². The highest BCUT2D eigenvalue weighted by Crippen LogP contribution is 2.26. The van der Waals surface area contributed by atoms with Crippen LogP contribution in [0.3, 0.4) is 0 Å². The summed E-state index contributed by atoms with van der Waals surface area (Å²) in [5, 5.41) is 18.8. The fourth-order valence-corrected chi connectivity index (χ4v) is 4.07. The van der Waals surface area contributed by atoms with E-state index in [1.165, 1.54) is 16.4 Å². The molecule has 4 aromatic rings. The number of thioether (sulfide) groups is 1. The number of benzene rings is 2. The molecule has 10 heteroatoms. The third kappa shape index (κ3) is 4.95. The maximum atomic E-state index is 12.7. The largest absolute Gasteiger partial charge is 0.382 e. The number of nitrogens with zero attached hydrogens (tertiary/aromatic N) is 6. The minimum absolute atomic E-state index is 0.182. The highest BCUT2D eigenvalue weighted by Gasteiger charge is 2.15. The number of hydrogen-bond donors (Lipinski definition) is 0. The number of ether oxygens (including phenoxy) is 1. The van der Waals surface area contributed by atoms with E-state index in [0.717, 1.165) is 17.8 Å². The molecule has 0 aliphatic heterocycles. The third-order valence-electron chi connectivity index (χ3n) is 4.64. The summed E-state index contributed by atoms with van der Waals surface area (Å²) in [4.78, 5) is 12.7. The van der Waals surface area contributed by atoms with E-state index in [2.05, 4.69) is 20.5 Å². The second-order valence-corrected chi connectivity index (χ2v) is 8.05. The Morgan fingerprint density at radius 1 is 1.06 bits per heavy atom. The molecule has 2 aromatic heterocycles. The number of rotatable bonds is 9. The van der Waals surface area contributed by atoms with E-state index in [1.807, 2.05) is 47.9 Å². The van der Waals surface area contributed by atoms with Gasteiger partial charge in [-0.15, -0.1) is 15.3 Å². The van der Waals surface area contributed by atoms with Gasteiger partial charge in [0.25, 0.3) is 5.56 Å². The molecule has 0 unspecified atom stereocenters. The average molecular weight is 457 g/mol. The van der Waals surface area contributed by atoms with Crippen LogP contribution in [0.25, 0.3) is 22.3 Å². The highest BCUT2D eigenvalue weighted by atomic mass is 35.5. The van der Waals surface area contributed by atoms with E-state index < -0.39 is 0 Å². The van der Waals surface area contributed by atoms with Gasteiger partial charge in [0, 0.05) is 30.3 Å². The Balaban J connectivity index is 1.59. The molecule has 0 amide bonds. The molecule has 31 heavy (non-hydrogen) atoms. The highest BCUT2D eigenvalue weighted by molar-refractivity contribution is 7.98. The number of halogens is 1. The van der Waals surface area contributed by atoms with Crippen LogP contribution in [0.1, 0.15) is 13.3 Å². The Morgan fingerprint density at radius 3 is 2.68 bits per heavy atom. The normalized spacial score (nSPS) is 11.3. The summed E-state index contributed by atoms with van der Waals surface area (Å²) in [6, 6.07) is 14.7. The average Bonchev–Trinajstić information content (AvgIpc) is 3.19. The lowest BCUT2D eigenvalue weighted by molar-refractivity contribution is 0.141. The molecule has 0 saturated heterocycles. The molecule has 4 rings (SSSR count). The van der Waals surface area contributed by atoms with E-state index >= 15 is 0 Å². The number of fused-ring (bicyclic) bond motifs is 1. The van der Waals surface area contributed by atoms with Crippen molar-refractivity contribution < 1.29 is 4.74 Å². The molecule has 0 saturated carbocycles. The summed E-state index contributed by atoms with van der Waals surface area (Å²) in [6.45, 7) is 3.99. The second kappa shape index (κ2) is 10.0. The van der Waals surface area contributed by atoms with Crippen molar-refractivity contribution in [3.63, 3.8) is 0 Å². The van der Waals surface area contributed by atoms with E-state index in [4.69, 9.17) is 16.3 Å². The Morgan fingerprint density at radius 2 is 1.87 bits per heavy atom. The molecule has 0 aliphatic carbocycles. The monoisotopic (exact) mass is 456 g/mol. The Kier molecular flexibility index (Phi) is 6.96. The van der Waals surface area contributed by atoms with Crippen molar-refractivity contribution in [3.05, 3.63) is 63.9 Å². The molecule has 0 bridgehead atoms. The molecule has 2 heterocycles. The van der Waals surface area contributed by atoms with Gasteiger partial charge >= 0.3 is 0 Å². The molecule has 160 valence electrons. The van der Waals surface area contributed by atoms with Crippen LogP contribution in [-0.2, 0) is 17.2 Å². The fraction of sp³-hybridized carbons (Fsp3) is 0.286. The van der Waals surface area contributed by atoms with Crippen molar-refractivity contribution in [2.45, 2.75) is 30.9 Å². The Bertz CT molecular complexity index is 1220. The molecular weight excluding hydrogens is 436 g/mol. The van der Waals surface area contributed by atoms with Gasteiger partial charge in [0.05, 0.1) is 11.3 Å². The summed E-state index contributed by atoms with van der Waals surface area (Å²) in [6.07, 6.45) is 0.815. The summed E-state index contributed by atoms with van der Waals surface area (Å²) in [7, 11) is 0. The first-order valence-corrected chi connectivity index (χ1v) is 11.3. The van der Waals surface area contributed by atoms with E-state index in [-0.39, 0.29) is 11.4 Å². The van der Waals surface area contributed by atoms with Crippen molar-refractivity contribution in [3.8, 4) is 11.4 Å². The summed E-state index contributed by atoms with van der Waals surface area (Å²) in [5.74, 6) is 1.02. The van der Waals surface area contributed by atoms with Gasteiger partial charge in [0.1, 0.15) is 5.52 Å². The maximum absolute atomic E-state index is 12.7. The van der Waals surface area contributed by atoms with Crippen molar-refractivity contribution in [1.29, 1.82) is 0 Å². The van der Waals surface area contributed by atoms with Gasteiger partial charge in [-0.05, 0) is 49.7 Å². The second-order valence-electron chi connectivity index (χ2n) is 6.70. The van der Waals surface area contributed by atoms with Crippen molar-refractivity contribution in [2.75, 3.05) is 13.2 Å². The van der Waals surface area contributed by atoms with E-state index in [0.29, 0.717) is 40.8 Å². The fourth-order valence-electron chi connectivity index (χ4n) is 3.11. The van der Waals surface area contributed by atoms with Gasteiger partial charge in [-0.2, -0.15) is 4.68 Å². The third-order valence-corrected chi connectivity index (χ3v) is 5.82. The molecule has 0 N–H and O–H groups in total. The minimum Gasteiger partial charge on any atom is -0.382 e. The van der Waals surface area contributed by atoms with E-state index in [9.17, 15) is 4.79 Å². The van der Waals surface area contributed by atoms with Gasteiger partial charge in [0.2, 0.25) is 0 Å². The van der Waals surface area contributed by atoms with E-state index in [1.54, 1.807) is 12.1 Å². The molecule has 0 aliphatic rings. The predicted octanol–water partition coefficient (Wildman–Crippen LogP) is 3.88. The van der Waals surface area contributed by atoms with Gasteiger partial charge in [-0.25, -0.2) is 0 Å². The zero-order valence-corrected chi connectivity index (χ0v) is 18.5. The zero-order chi connectivity index (χ0) is 21.6. The van der Waals surface area contributed by atoms with Crippen LogP contribution in [-0.4, -0.2) is 43.0 Å². The zero-order valence-electron chi connectivity index (χ0n) is 16.9. The lowest BCUT2D eigenvalue weighted by Gasteiger charge is -2.11. The lowest BCUT2D eigenvalue weighted by atomic mass is 10.2. The Hall–Kier alpha value is -2.75. The predicted molar refractivity (Wildman–Crippen MR) is 121 cm³/mol. The summed E-state index contributed by atoms with van der Waals surface area (Å²) in [5.41, 5.74) is 1.32. The topological polar surface area (TPSA) is 87.7 Å². The smallest absolute Gasteiger partial charge is 0.278 e. The quantitative estimate of drug-likeness (QED) is 0.279. The first-order valence-electron chi connectivity index (χ1n) is 9.89. The van der Waals surface area contributed by atoms with Crippen LogP contribution >= 0.6 is 23.4 Å². The lowest BCUT2D eigenvalue weighted by Crippen LogP contribution is -2.23. The van der Waals surface area contributed by atoms with Crippen molar-refractivity contribution in [1.82, 2.24) is 29.8 Å². The van der Waals surface area contributed by atoms with Crippen molar-refractivity contribution >= 4 is 34.3 Å². The van der Waals surface area contributed by atoms with Crippen LogP contribution in [0.2, 0.25) is 5.02 Å². The van der Waals surface area contributed by atoms with Gasteiger partial charge in [-0.3, -0.25) is 4.79 Å². The maximum Gasteiger partial charge on any atom is 0.278 e. The van der Waals surface area contributed by atoms with Crippen LogP contribution < -0.4 is 5.56 Å². The minimum atomic E-state index is -0.182. The van der Waals surface area contributed by atoms with Crippen molar-refractivity contribution in [2.24, 2.45) is 0 Å². The van der Waals surface area contributed by atoms with Gasteiger partial charge in [0.15, 0.2) is 11.0 Å². The molecule has 0 atom stereocenters. The SMILES string of the molecule is CCOCCCn1c(SCn2nnc3ccccc3c2=O)nnc1-c1ccc(Cl)cc1. The molecular formula is C21H21ClN6O2S. The molecule has 8 nitrogen and oxygen atoms in total. The molecule has 0 spiro atoms. The molecule has 0 radical (unpaired) electrons. The summed E-state index contributed by atoms with van der Waals surface area (Å²) < 4.78 is 8.85. The van der Waals surface area contributed by atoms with Gasteiger partial charge < -0.3 is 9.30 Å².